The van der Waals surface area contributed by atoms with Gasteiger partial charge in [0.05, 0.1) is 17.2 Å². The maximum absolute atomic E-state index is 12.4. The highest BCUT2D eigenvalue weighted by molar-refractivity contribution is 7.92. The number of sulfonamides is 1. The van der Waals surface area contributed by atoms with Crippen LogP contribution in [0.1, 0.15) is 26.3 Å². The molecule has 0 bridgehead atoms. The summed E-state index contributed by atoms with van der Waals surface area (Å²) in [5, 5.41) is 17.8. The highest BCUT2D eigenvalue weighted by Crippen LogP contribution is 2.26. The van der Waals surface area contributed by atoms with E-state index in [4.69, 9.17) is 9.84 Å². The lowest BCUT2D eigenvalue weighted by atomic mass is 10.2. The van der Waals surface area contributed by atoms with Crippen LogP contribution in [0.5, 0.6) is 11.5 Å². The molecule has 0 spiro atoms. The molecule has 0 atom stereocenters. The molecule has 3 N–H and O–H groups in total. The van der Waals surface area contributed by atoms with Crippen LogP contribution in [0.25, 0.3) is 0 Å². The molecule has 0 fully saturated rings. The third-order valence-electron chi connectivity index (χ3n) is 3.70. The van der Waals surface area contributed by atoms with Crippen LogP contribution in [0.4, 0.5) is 11.5 Å². The molecule has 1 aromatic heterocycles. The van der Waals surface area contributed by atoms with Crippen LogP contribution in [0.3, 0.4) is 0 Å². The van der Waals surface area contributed by atoms with E-state index in [0.29, 0.717) is 18.0 Å². The quantitative estimate of drug-likeness (QED) is 0.459. The molecular weight excluding hydrogens is 430 g/mol. The Morgan fingerprint density at radius 3 is 2.41 bits per heavy atom. The number of nitrogens with one attached hydrogen (secondary N) is 1. The maximum Gasteiger partial charge on any atom is 0.263 e. The Labute approximate surface area is 188 Å². The summed E-state index contributed by atoms with van der Waals surface area (Å²) in [7, 11) is -3.72. The van der Waals surface area contributed by atoms with Crippen LogP contribution >= 0.6 is 0 Å². The SMILES string of the molecule is CC(C)O.CCOc1cc(C=Nc2ccc(S(=O)(=O)Nc3ccccn3)cc2)ccc1O. The van der Waals surface area contributed by atoms with E-state index in [1.54, 1.807) is 62.5 Å². The van der Waals surface area contributed by atoms with E-state index in [1.807, 2.05) is 6.92 Å². The number of aliphatic imine (C=N–C) groups is 1. The molecule has 9 heteroatoms. The van der Waals surface area contributed by atoms with Crippen LogP contribution in [0, 0.1) is 0 Å². The summed E-state index contributed by atoms with van der Waals surface area (Å²) >= 11 is 0. The fourth-order valence-electron chi connectivity index (χ4n) is 2.36. The van der Waals surface area contributed by atoms with Crippen molar-refractivity contribution < 1.29 is 23.4 Å². The molecule has 0 saturated carbocycles. The number of aromatic hydroxyl groups is 1. The lowest BCUT2D eigenvalue weighted by Gasteiger charge is -2.07. The van der Waals surface area contributed by atoms with E-state index in [2.05, 4.69) is 14.7 Å². The third-order valence-corrected chi connectivity index (χ3v) is 5.07. The van der Waals surface area contributed by atoms with E-state index in [9.17, 15) is 13.5 Å². The molecule has 3 rings (SSSR count). The average Bonchev–Trinajstić information content (AvgIpc) is 2.75. The summed E-state index contributed by atoms with van der Waals surface area (Å²) in [6.07, 6.45) is 2.95. The topological polar surface area (TPSA) is 121 Å². The van der Waals surface area contributed by atoms with Gasteiger partial charge in [-0.1, -0.05) is 6.07 Å². The first-order chi connectivity index (χ1) is 15.2. The highest BCUT2D eigenvalue weighted by Gasteiger charge is 2.14. The number of aromatic nitrogens is 1. The summed E-state index contributed by atoms with van der Waals surface area (Å²) in [6, 6.07) is 16.0. The Morgan fingerprint density at radius 1 is 1.12 bits per heavy atom. The number of pyridine rings is 1. The zero-order valence-corrected chi connectivity index (χ0v) is 19.0. The maximum atomic E-state index is 12.4. The van der Waals surface area contributed by atoms with Gasteiger partial charge in [0.2, 0.25) is 0 Å². The number of aliphatic hydroxyl groups is 1. The number of ether oxygens (including phenoxy) is 1. The fourth-order valence-corrected chi connectivity index (χ4v) is 3.37. The minimum absolute atomic E-state index is 0.0639. The monoisotopic (exact) mass is 457 g/mol. The van der Waals surface area contributed by atoms with Crippen LogP contribution in [-0.4, -0.2) is 42.5 Å². The Hall–Kier alpha value is -3.43. The van der Waals surface area contributed by atoms with Crippen molar-refractivity contribution in [2.75, 3.05) is 11.3 Å². The van der Waals surface area contributed by atoms with Gasteiger partial charge in [0.1, 0.15) is 5.82 Å². The molecule has 0 amide bonds. The number of phenolic OH excluding ortho intramolecular Hbond substituents is 1. The highest BCUT2D eigenvalue weighted by atomic mass is 32.2. The normalized spacial score (nSPS) is 11.2. The minimum atomic E-state index is -3.72. The summed E-state index contributed by atoms with van der Waals surface area (Å²) in [4.78, 5) is 8.39. The van der Waals surface area contributed by atoms with Gasteiger partial charge >= 0.3 is 0 Å². The molecule has 0 unspecified atom stereocenters. The summed E-state index contributed by atoms with van der Waals surface area (Å²) in [5.74, 6) is 0.699. The van der Waals surface area contributed by atoms with Gasteiger partial charge in [0, 0.05) is 18.5 Å². The molecule has 0 aliphatic heterocycles. The first kappa shape index (κ1) is 24.8. The number of anilines is 1. The van der Waals surface area contributed by atoms with Crippen molar-refractivity contribution in [3.8, 4) is 11.5 Å². The van der Waals surface area contributed by atoms with Gasteiger partial charge in [-0.15, -0.1) is 0 Å². The number of hydrogen-bond acceptors (Lipinski definition) is 7. The smallest absolute Gasteiger partial charge is 0.263 e. The Kier molecular flexibility index (Phi) is 9.18. The van der Waals surface area contributed by atoms with E-state index < -0.39 is 10.0 Å². The summed E-state index contributed by atoms with van der Waals surface area (Å²) in [5.41, 5.74) is 1.33. The third kappa shape index (κ3) is 8.01. The molecule has 8 nitrogen and oxygen atoms in total. The Bertz CT molecular complexity index is 1110. The average molecular weight is 458 g/mol. The largest absolute Gasteiger partial charge is 0.504 e. The van der Waals surface area contributed by atoms with Crippen LogP contribution in [0.2, 0.25) is 0 Å². The zero-order chi connectivity index (χ0) is 23.6. The van der Waals surface area contributed by atoms with Gasteiger partial charge in [0.25, 0.3) is 10.0 Å². The van der Waals surface area contributed by atoms with E-state index in [-0.39, 0.29) is 22.6 Å². The molecular formula is C23H27N3O5S. The number of aliphatic hydroxyl groups excluding tert-OH is 1. The molecule has 0 aliphatic rings. The van der Waals surface area contributed by atoms with Crippen molar-refractivity contribution in [2.24, 2.45) is 4.99 Å². The van der Waals surface area contributed by atoms with E-state index >= 15 is 0 Å². The minimum Gasteiger partial charge on any atom is -0.504 e. The van der Waals surface area contributed by atoms with Crippen molar-refractivity contribution >= 4 is 27.7 Å². The first-order valence-electron chi connectivity index (χ1n) is 9.93. The molecule has 2 aromatic carbocycles. The Morgan fingerprint density at radius 2 is 1.81 bits per heavy atom. The van der Waals surface area contributed by atoms with Gasteiger partial charge < -0.3 is 14.9 Å². The summed E-state index contributed by atoms with van der Waals surface area (Å²) in [6.45, 7) is 5.72. The number of nitrogens with zero attached hydrogens (tertiary/aromatic N) is 2. The fraction of sp³-hybridized carbons (Fsp3) is 0.217. The van der Waals surface area contributed by atoms with Crippen LogP contribution < -0.4 is 9.46 Å². The predicted molar refractivity (Wildman–Crippen MR) is 125 cm³/mol. The number of hydrogen-bond donors (Lipinski definition) is 3. The molecule has 0 aliphatic carbocycles. The van der Waals surface area contributed by atoms with Crippen molar-refractivity contribution in [2.45, 2.75) is 31.8 Å². The molecule has 0 saturated heterocycles. The van der Waals surface area contributed by atoms with Crippen LogP contribution in [-0.2, 0) is 10.0 Å². The second-order valence-corrected chi connectivity index (χ2v) is 8.51. The lowest BCUT2D eigenvalue weighted by molar-refractivity contribution is 0.216. The van der Waals surface area contributed by atoms with Gasteiger partial charge in [-0.05, 0) is 80.9 Å². The predicted octanol–water partition coefficient (Wildman–Crippen LogP) is 4.12. The standard InChI is InChI=1S/C20H19N3O4S.C3H8O/c1-2-27-19-13-15(6-11-18(19)24)14-22-16-7-9-17(10-8-16)28(25,26)23-20-5-3-4-12-21-20;1-3(2)4/h3-14,24H,2H2,1H3,(H,21,23);3-4H,1-2H3. The lowest BCUT2D eigenvalue weighted by Crippen LogP contribution is -2.13. The molecule has 0 radical (unpaired) electrons. The van der Waals surface area contributed by atoms with Crippen LogP contribution in [0.15, 0.2) is 76.7 Å². The van der Waals surface area contributed by atoms with Crippen molar-refractivity contribution in [3.05, 3.63) is 72.4 Å². The van der Waals surface area contributed by atoms with Crippen molar-refractivity contribution in [3.63, 3.8) is 0 Å². The molecule has 32 heavy (non-hydrogen) atoms. The second-order valence-electron chi connectivity index (χ2n) is 6.83. The van der Waals surface area contributed by atoms with Gasteiger partial charge in [-0.2, -0.15) is 0 Å². The molecule has 1 heterocycles. The number of phenols is 1. The Balaban J connectivity index is 0.000000837. The van der Waals surface area contributed by atoms with Crippen molar-refractivity contribution in [1.29, 1.82) is 0 Å². The number of benzene rings is 2. The summed E-state index contributed by atoms with van der Waals surface area (Å²) < 4.78 is 32.6. The molecule has 170 valence electrons. The van der Waals surface area contributed by atoms with E-state index in [0.717, 1.165) is 5.56 Å². The van der Waals surface area contributed by atoms with Crippen molar-refractivity contribution in [1.82, 2.24) is 4.98 Å². The second kappa shape index (κ2) is 11.8. The van der Waals surface area contributed by atoms with Gasteiger partial charge in [-0.3, -0.25) is 9.71 Å². The molecule has 3 aromatic rings. The zero-order valence-electron chi connectivity index (χ0n) is 18.1. The number of rotatable bonds is 7. The van der Waals surface area contributed by atoms with Gasteiger partial charge in [0.15, 0.2) is 11.5 Å². The first-order valence-corrected chi connectivity index (χ1v) is 11.4. The van der Waals surface area contributed by atoms with E-state index in [1.165, 1.54) is 24.4 Å². The van der Waals surface area contributed by atoms with Gasteiger partial charge in [-0.25, -0.2) is 13.4 Å².